The van der Waals surface area contributed by atoms with Crippen LogP contribution in [0.25, 0.3) is 11.1 Å². The zero-order valence-electron chi connectivity index (χ0n) is 19.0. The minimum absolute atomic E-state index is 0.141. The third-order valence-corrected chi connectivity index (χ3v) is 6.80. The second-order valence-electron chi connectivity index (χ2n) is 8.37. The van der Waals surface area contributed by atoms with E-state index in [0.717, 1.165) is 47.3 Å². The molecule has 0 atom stereocenters. The van der Waals surface area contributed by atoms with Crippen molar-refractivity contribution in [2.75, 3.05) is 30.4 Å². The van der Waals surface area contributed by atoms with E-state index in [4.69, 9.17) is 4.74 Å². The van der Waals surface area contributed by atoms with Gasteiger partial charge in [-0.05, 0) is 56.4 Å². The Morgan fingerprint density at radius 1 is 1.06 bits per heavy atom. The topological polar surface area (TPSA) is 58.6 Å². The number of thiophene rings is 1. The molecule has 166 valence electrons. The fourth-order valence-electron chi connectivity index (χ4n) is 4.29. The predicted molar refractivity (Wildman–Crippen MR) is 131 cm³/mol. The first kappa shape index (κ1) is 22.1. The average Bonchev–Trinajstić information content (AvgIpc) is 3.17. The number of carbonyl (C=O) groups excluding carboxylic acids is 2. The number of amides is 1. The van der Waals surface area contributed by atoms with Crippen LogP contribution in [0.3, 0.4) is 0 Å². The normalized spacial score (nSPS) is 12.9. The van der Waals surface area contributed by atoms with Gasteiger partial charge in [0.15, 0.2) is 0 Å². The van der Waals surface area contributed by atoms with E-state index in [-0.39, 0.29) is 12.5 Å². The summed E-state index contributed by atoms with van der Waals surface area (Å²) in [6.45, 7) is 7.21. The molecule has 0 saturated heterocycles. The Balaban J connectivity index is 1.60. The highest BCUT2D eigenvalue weighted by atomic mass is 32.1. The molecule has 2 aromatic carbocycles. The van der Waals surface area contributed by atoms with Crippen LogP contribution in [0.5, 0.6) is 0 Å². The number of aryl methyl sites for hydroxylation is 4. The van der Waals surface area contributed by atoms with Crippen molar-refractivity contribution in [2.24, 2.45) is 0 Å². The molecule has 1 aliphatic heterocycles. The van der Waals surface area contributed by atoms with Crippen molar-refractivity contribution in [1.29, 1.82) is 0 Å². The number of nitrogens with zero attached hydrogens (tertiary/aromatic N) is 1. The number of hydrogen-bond acceptors (Lipinski definition) is 5. The van der Waals surface area contributed by atoms with Gasteiger partial charge < -0.3 is 15.0 Å². The molecule has 0 unspecified atom stereocenters. The van der Waals surface area contributed by atoms with E-state index in [1.54, 1.807) is 0 Å². The second-order valence-corrected chi connectivity index (χ2v) is 9.25. The zero-order chi connectivity index (χ0) is 22.8. The summed E-state index contributed by atoms with van der Waals surface area (Å²) in [4.78, 5) is 27.8. The fraction of sp³-hybridized carbons (Fsp3) is 0.308. The van der Waals surface area contributed by atoms with Gasteiger partial charge in [-0.25, -0.2) is 4.79 Å². The number of fused-ring (bicyclic) bond motifs is 1. The van der Waals surface area contributed by atoms with E-state index in [1.807, 2.05) is 31.4 Å². The summed E-state index contributed by atoms with van der Waals surface area (Å²) in [5.41, 5.74) is 7.98. The highest BCUT2D eigenvalue weighted by Crippen LogP contribution is 2.38. The molecule has 2 heterocycles. The first-order valence-electron chi connectivity index (χ1n) is 10.8. The molecule has 6 heteroatoms. The van der Waals surface area contributed by atoms with Crippen LogP contribution in [0.1, 0.15) is 39.0 Å². The largest absolute Gasteiger partial charge is 0.465 e. The van der Waals surface area contributed by atoms with Gasteiger partial charge in [0, 0.05) is 23.2 Å². The first-order valence-corrected chi connectivity index (χ1v) is 11.7. The molecule has 1 amide bonds. The number of nitrogens with one attached hydrogen (secondary N) is 1. The first-order chi connectivity index (χ1) is 15.4. The lowest BCUT2D eigenvalue weighted by molar-refractivity contribution is -0.115. The van der Waals surface area contributed by atoms with Crippen LogP contribution in [0, 0.1) is 20.8 Å². The van der Waals surface area contributed by atoms with Crippen LogP contribution in [0.15, 0.2) is 41.8 Å². The Morgan fingerprint density at radius 2 is 1.81 bits per heavy atom. The Labute approximate surface area is 193 Å². The lowest BCUT2D eigenvalue weighted by Crippen LogP contribution is -2.36. The van der Waals surface area contributed by atoms with E-state index < -0.39 is 5.97 Å². The smallest absolute Gasteiger partial charge is 0.341 e. The second kappa shape index (κ2) is 9.17. The fourth-order valence-corrected chi connectivity index (χ4v) is 5.25. The predicted octanol–water partition coefficient (Wildman–Crippen LogP) is 5.52. The number of benzene rings is 2. The molecule has 0 aliphatic carbocycles. The molecule has 0 bridgehead atoms. The van der Waals surface area contributed by atoms with E-state index in [9.17, 15) is 9.59 Å². The van der Waals surface area contributed by atoms with Crippen molar-refractivity contribution in [3.63, 3.8) is 0 Å². The molecule has 4 rings (SSSR count). The molecule has 3 aromatic rings. The number of ether oxygens (including phenoxy) is 1. The number of esters is 1. The van der Waals surface area contributed by atoms with E-state index in [2.05, 4.69) is 41.4 Å². The Bertz CT molecular complexity index is 1180. The van der Waals surface area contributed by atoms with Crippen LogP contribution in [-0.2, 0) is 16.0 Å². The summed E-state index contributed by atoms with van der Waals surface area (Å²) in [5.74, 6) is -0.589. The lowest BCUT2D eigenvalue weighted by atomic mass is 9.97. The number of hydrogen-bond donors (Lipinski definition) is 1. The van der Waals surface area contributed by atoms with E-state index in [0.29, 0.717) is 10.6 Å². The summed E-state index contributed by atoms with van der Waals surface area (Å²) in [6.07, 6.45) is 2.05. The van der Waals surface area contributed by atoms with Crippen LogP contribution in [-0.4, -0.2) is 32.1 Å². The van der Waals surface area contributed by atoms with Crippen molar-refractivity contribution in [3.05, 3.63) is 69.6 Å². The van der Waals surface area contributed by atoms with Crippen LogP contribution in [0.2, 0.25) is 0 Å². The third kappa shape index (κ3) is 4.41. The SMILES string of the molecule is COC(=O)c1c(-c2cc(C)ccc2C)csc1NC(=O)CN1CCCc2cc(C)ccc21. The Kier molecular flexibility index (Phi) is 6.33. The van der Waals surface area contributed by atoms with Crippen molar-refractivity contribution < 1.29 is 14.3 Å². The van der Waals surface area contributed by atoms with Crippen molar-refractivity contribution in [2.45, 2.75) is 33.6 Å². The quantitative estimate of drug-likeness (QED) is 0.522. The molecule has 5 nitrogen and oxygen atoms in total. The monoisotopic (exact) mass is 448 g/mol. The van der Waals surface area contributed by atoms with Gasteiger partial charge in [0.05, 0.1) is 13.7 Å². The van der Waals surface area contributed by atoms with Gasteiger partial charge in [-0.1, -0.05) is 41.5 Å². The molecular formula is C26H28N2O3S. The number of anilines is 2. The standard InChI is InChI=1S/C26H28N2O3S/c1-16-8-10-22-19(12-16)6-5-11-28(22)14-23(29)27-25-24(26(30)31-4)21(15-32-25)20-13-17(2)7-9-18(20)3/h7-10,12-13,15H,5-6,11,14H2,1-4H3,(H,27,29). The Hall–Kier alpha value is -3.12. The summed E-state index contributed by atoms with van der Waals surface area (Å²) >= 11 is 1.36. The summed E-state index contributed by atoms with van der Waals surface area (Å²) in [7, 11) is 1.37. The van der Waals surface area contributed by atoms with Gasteiger partial charge in [-0.15, -0.1) is 11.3 Å². The molecule has 1 aliphatic rings. The zero-order valence-corrected chi connectivity index (χ0v) is 19.8. The van der Waals surface area contributed by atoms with Crippen LogP contribution < -0.4 is 10.2 Å². The van der Waals surface area contributed by atoms with Crippen LogP contribution in [0.4, 0.5) is 10.7 Å². The molecule has 1 N–H and O–H groups in total. The molecule has 1 aromatic heterocycles. The minimum atomic E-state index is -0.448. The molecule has 0 fully saturated rings. The van der Waals surface area contributed by atoms with Gasteiger partial charge in [-0.3, -0.25) is 4.79 Å². The maximum atomic E-state index is 13.0. The van der Waals surface area contributed by atoms with Gasteiger partial charge in [0.25, 0.3) is 0 Å². The number of rotatable bonds is 5. The van der Waals surface area contributed by atoms with Crippen LogP contribution >= 0.6 is 11.3 Å². The van der Waals surface area contributed by atoms with Gasteiger partial charge in [0.1, 0.15) is 10.6 Å². The summed E-state index contributed by atoms with van der Waals surface area (Å²) in [5, 5.41) is 5.42. The maximum absolute atomic E-state index is 13.0. The lowest BCUT2D eigenvalue weighted by Gasteiger charge is -2.31. The van der Waals surface area contributed by atoms with Gasteiger partial charge >= 0.3 is 5.97 Å². The van der Waals surface area contributed by atoms with E-state index in [1.165, 1.54) is 29.6 Å². The van der Waals surface area contributed by atoms with Gasteiger partial charge in [0.2, 0.25) is 5.91 Å². The molecule has 0 saturated carbocycles. The van der Waals surface area contributed by atoms with Crippen molar-refractivity contribution in [3.8, 4) is 11.1 Å². The third-order valence-electron chi connectivity index (χ3n) is 5.90. The minimum Gasteiger partial charge on any atom is -0.465 e. The molecular weight excluding hydrogens is 420 g/mol. The maximum Gasteiger partial charge on any atom is 0.341 e. The van der Waals surface area contributed by atoms with Crippen molar-refractivity contribution >= 4 is 33.9 Å². The highest BCUT2D eigenvalue weighted by molar-refractivity contribution is 7.15. The average molecular weight is 449 g/mol. The summed E-state index contributed by atoms with van der Waals surface area (Å²) in [6, 6.07) is 12.5. The van der Waals surface area contributed by atoms with E-state index >= 15 is 0 Å². The summed E-state index contributed by atoms with van der Waals surface area (Å²) < 4.78 is 5.06. The highest BCUT2D eigenvalue weighted by Gasteiger charge is 2.25. The molecule has 32 heavy (non-hydrogen) atoms. The molecule has 0 radical (unpaired) electrons. The number of methoxy groups -OCH3 is 1. The van der Waals surface area contributed by atoms with Crippen molar-refractivity contribution in [1.82, 2.24) is 0 Å². The molecule has 0 spiro atoms. The Morgan fingerprint density at radius 3 is 2.59 bits per heavy atom. The number of carbonyl (C=O) groups is 2. The van der Waals surface area contributed by atoms with Gasteiger partial charge in [-0.2, -0.15) is 0 Å².